The Morgan fingerprint density at radius 1 is 1.14 bits per heavy atom. The van der Waals surface area contributed by atoms with Gasteiger partial charge in [-0.2, -0.15) is 0 Å². The smallest absolute Gasteiger partial charge is 0.150 e. The fraction of sp³-hybridized carbons (Fsp3) is 0.867. The summed E-state index contributed by atoms with van der Waals surface area (Å²) in [5.74, 6) is 3.32. The molecule has 2 aliphatic heterocycles. The molecule has 0 saturated carbocycles. The predicted molar refractivity (Wildman–Crippen MR) is 85.4 cm³/mol. The van der Waals surface area contributed by atoms with Crippen LogP contribution in [0.3, 0.4) is 0 Å². The Kier molecular flexibility index (Phi) is 4.05. The van der Waals surface area contributed by atoms with Crippen LogP contribution in [0.5, 0.6) is 0 Å². The van der Waals surface area contributed by atoms with E-state index in [0.29, 0.717) is 17.4 Å². The molecule has 3 rings (SSSR count). The molecule has 0 N–H and O–H groups in total. The number of aromatic nitrogens is 3. The molecule has 6 nitrogen and oxygen atoms in total. The monoisotopic (exact) mass is 326 g/mol. The fourth-order valence-corrected chi connectivity index (χ4v) is 4.99. The van der Waals surface area contributed by atoms with E-state index in [1.54, 1.807) is 0 Å². The Morgan fingerprint density at radius 2 is 1.82 bits per heavy atom. The first-order valence-electron chi connectivity index (χ1n) is 8.10. The number of hydrogen-bond donors (Lipinski definition) is 0. The zero-order valence-electron chi connectivity index (χ0n) is 13.7. The van der Waals surface area contributed by atoms with Crippen LogP contribution in [0.4, 0.5) is 0 Å². The second-order valence-electron chi connectivity index (χ2n) is 7.67. The SMILES string of the molecule is CC(C)(C)c1nnc2n1CCN(CC1CCS(=O)(=O)CC1)C2. The molecule has 0 aliphatic carbocycles. The summed E-state index contributed by atoms with van der Waals surface area (Å²) >= 11 is 0. The van der Waals surface area contributed by atoms with E-state index in [-0.39, 0.29) is 5.41 Å². The van der Waals surface area contributed by atoms with Gasteiger partial charge in [-0.15, -0.1) is 10.2 Å². The van der Waals surface area contributed by atoms with Gasteiger partial charge in [-0.3, -0.25) is 4.90 Å². The van der Waals surface area contributed by atoms with Crippen molar-refractivity contribution in [2.45, 2.75) is 52.1 Å². The number of sulfone groups is 1. The molecule has 0 spiro atoms. The topological polar surface area (TPSA) is 68.1 Å². The average Bonchev–Trinajstić information content (AvgIpc) is 2.84. The van der Waals surface area contributed by atoms with E-state index in [2.05, 4.69) is 40.4 Å². The van der Waals surface area contributed by atoms with Crippen molar-refractivity contribution < 1.29 is 8.42 Å². The molecule has 7 heteroatoms. The first-order valence-corrected chi connectivity index (χ1v) is 9.92. The van der Waals surface area contributed by atoms with Crippen molar-refractivity contribution in [2.24, 2.45) is 5.92 Å². The third kappa shape index (κ3) is 3.35. The van der Waals surface area contributed by atoms with Crippen LogP contribution in [-0.2, 0) is 28.3 Å². The van der Waals surface area contributed by atoms with Gasteiger partial charge in [0.1, 0.15) is 21.5 Å². The minimum absolute atomic E-state index is 0.0190. The summed E-state index contributed by atoms with van der Waals surface area (Å²) in [7, 11) is -2.76. The molecule has 1 saturated heterocycles. The molecule has 0 bridgehead atoms. The largest absolute Gasteiger partial charge is 0.312 e. The standard InChI is InChI=1S/C15H26N4O2S/c1-15(2,3)14-17-16-13-11-18(6-7-19(13)14)10-12-4-8-22(20,21)9-5-12/h12H,4-11H2,1-3H3. The van der Waals surface area contributed by atoms with Crippen molar-refractivity contribution in [3.63, 3.8) is 0 Å². The Balaban J connectivity index is 1.62. The average molecular weight is 326 g/mol. The second kappa shape index (κ2) is 5.60. The van der Waals surface area contributed by atoms with Gasteiger partial charge in [-0.05, 0) is 18.8 Å². The molecule has 0 aromatic carbocycles. The van der Waals surface area contributed by atoms with E-state index >= 15 is 0 Å². The van der Waals surface area contributed by atoms with Gasteiger partial charge in [0.05, 0.1) is 18.1 Å². The molecular formula is C15H26N4O2S. The van der Waals surface area contributed by atoms with Crippen LogP contribution in [-0.4, -0.2) is 52.7 Å². The Hall–Kier alpha value is -0.950. The fourth-order valence-electron chi connectivity index (χ4n) is 3.40. The highest BCUT2D eigenvalue weighted by atomic mass is 32.2. The zero-order valence-corrected chi connectivity index (χ0v) is 14.6. The number of nitrogens with zero attached hydrogens (tertiary/aromatic N) is 4. The maximum Gasteiger partial charge on any atom is 0.150 e. The quantitative estimate of drug-likeness (QED) is 0.817. The van der Waals surface area contributed by atoms with Crippen molar-refractivity contribution >= 4 is 9.84 Å². The number of rotatable bonds is 2. The third-order valence-electron chi connectivity index (χ3n) is 4.69. The minimum atomic E-state index is -2.76. The van der Waals surface area contributed by atoms with Crippen LogP contribution in [0.2, 0.25) is 0 Å². The van der Waals surface area contributed by atoms with Crippen molar-refractivity contribution in [2.75, 3.05) is 24.6 Å². The van der Waals surface area contributed by atoms with E-state index in [0.717, 1.165) is 50.7 Å². The molecule has 0 atom stereocenters. The molecule has 2 aliphatic rings. The van der Waals surface area contributed by atoms with Crippen LogP contribution < -0.4 is 0 Å². The summed E-state index contributed by atoms with van der Waals surface area (Å²) < 4.78 is 25.3. The minimum Gasteiger partial charge on any atom is -0.312 e. The van der Waals surface area contributed by atoms with Gasteiger partial charge in [0.15, 0.2) is 0 Å². The summed E-state index contributed by atoms with van der Waals surface area (Å²) in [4.78, 5) is 2.40. The summed E-state index contributed by atoms with van der Waals surface area (Å²) in [6.07, 6.45) is 1.61. The highest BCUT2D eigenvalue weighted by Crippen LogP contribution is 2.25. The molecule has 1 aromatic rings. The van der Waals surface area contributed by atoms with Crippen LogP contribution in [0.1, 0.15) is 45.3 Å². The van der Waals surface area contributed by atoms with Gasteiger partial charge in [0.2, 0.25) is 0 Å². The summed E-state index contributed by atoms with van der Waals surface area (Å²) in [5.41, 5.74) is 0.0190. The van der Waals surface area contributed by atoms with Gasteiger partial charge in [-0.25, -0.2) is 8.42 Å². The van der Waals surface area contributed by atoms with E-state index in [1.807, 2.05) is 0 Å². The normalized spacial score (nSPS) is 23.4. The van der Waals surface area contributed by atoms with E-state index < -0.39 is 9.84 Å². The summed E-state index contributed by atoms with van der Waals surface area (Å²) in [5, 5.41) is 8.74. The zero-order chi connectivity index (χ0) is 16.0. The third-order valence-corrected chi connectivity index (χ3v) is 6.41. The lowest BCUT2D eigenvalue weighted by molar-refractivity contribution is 0.176. The Morgan fingerprint density at radius 3 is 2.45 bits per heavy atom. The van der Waals surface area contributed by atoms with Crippen molar-refractivity contribution in [1.29, 1.82) is 0 Å². The van der Waals surface area contributed by atoms with Crippen molar-refractivity contribution in [1.82, 2.24) is 19.7 Å². The van der Waals surface area contributed by atoms with Gasteiger partial charge in [0, 0.05) is 25.0 Å². The molecule has 1 aromatic heterocycles. The molecule has 124 valence electrons. The molecule has 3 heterocycles. The van der Waals surface area contributed by atoms with Gasteiger partial charge < -0.3 is 4.57 Å². The summed E-state index contributed by atoms with van der Waals surface area (Å²) in [6, 6.07) is 0. The molecule has 0 amide bonds. The van der Waals surface area contributed by atoms with E-state index in [1.165, 1.54) is 0 Å². The molecule has 0 radical (unpaired) electrons. The highest BCUT2D eigenvalue weighted by Gasteiger charge is 2.30. The maximum atomic E-state index is 11.5. The Bertz CT molecular complexity index is 631. The number of hydrogen-bond acceptors (Lipinski definition) is 5. The van der Waals surface area contributed by atoms with Gasteiger partial charge in [0.25, 0.3) is 0 Å². The predicted octanol–water partition coefficient (Wildman–Crippen LogP) is 1.22. The van der Waals surface area contributed by atoms with Crippen LogP contribution >= 0.6 is 0 Å². The van der Waals surface area contributed by atoms with E-state index in [9.17, 15) is 8.42 Å². The van der Waals surface area contributed by atoms with Gasteiger partial charge >= 0.3 is 0 Å². The maximum absolute atomic E-state index is 11.5. The van der Waals surface area contributed by atoms with E-state index in [4.69, 9.17) is 0 Å². The lowest BCUT2D eigenvalue weighted by Crippen LogP contribution is -2.40. The molecule has 1 fully saturated rings. The first-order chi connectivity index (χ1) is 10.2. The summed E-state index contributed by atoms with van der Waals surface area (Å²) in [6.45, 7) is 10.2. The lowest BCUT2D eigenvalue weighted by atomic mass is 9.95. The molecule has 22 heavy (non-hydrogen) atoms. The van der Waals surface area contributed by atoms with Crippen LogP contribution in [0.15, 0.2) is 0 Å². The van der Waals surface area contributed by atoms with Gasteiger partial charge in [-0.1, -0.05) is 20.8 Å². The molecule has 0 unspecified atom stereocenters. The van der Waals surface area contributed by atoms with Crippen LogP contribution in [0.25, 0.3) is 0 Å². The first kappa shape index (κ1) is 15.9. The number of fused-ring (bicyclic) bond motifs is 1. The molecular weight excluding hydrogens is 300 g/mol. The lowest BCUT2D eigenvalue weighted by Gasteiger charge is -2.33. The second-order valence-corrected chi connectivity index (χ2v) is 9.98. The van der Waals surface area contributed by atoms with Crippen molar-refractivity contribution in [3.05, 3.63) is 11.6 Å². The van der Waals surface area contributed by atoms with Crippen LogP contribution in [0, 0.1) is 5.92 Å². The Labute approximate surface area is 132 Å². The highest BCUT2D eigenvalue weighted by molar-refractivity contribution is 7.91. The van der Waals surface area contributed by atoms with Crippen molar-refractivity contribution in [3.8, 4) is 0 Å².